The summed E-state index contributed by atoms with van der Waals surface area (Å²) in [7, 11) is -4.41. The van der Waals surface area contributed by atoms with Crippen LogP contribution >= 0.6 is 23.2 Å². The minimum absolute atomic E-state index is 0.0320. The molecule has 0 spiro atoms. The Balaban J connectivity index is 2.20. The Morgan fingerprint density at radius 1 is 1.30 bits per heavy atom. The van der Waals surface area contributed by atoms with E-state index in [-0.39, 0.29) is 22.8 Å². The van der Waals surface area contributed by atoms with Gasteiger partial charge in [0.25, 0.3) is 10.1 Å². The van der Waals surface area contributed by atoms with Crippen molar-refractivity contribution in [2.45, 2.75) is 25.0 Å². The van der Waals surface area contributed by atoms with Crippen LogP contribution in [0.15, 0.2) is 47.7 Å². The maximum absolute atomic E-state index is 13.2. The first-order valence-electron chi connectivity index (χ1n) is 7.93. The van der Waals surface area contributed by atoms with Gasteiger partial charge in [-0.25, -0.2) is 0 Å². The lowest BCUT2D eigenvalue weighted by Crippen LogP contribution is -2.36. The van der Waals surface area contributed by atoms with Crippen molar-refractivity contribution in [1.29, 1.82) is 0 Å². The number of hydrogen-bond donors (Lipinski definition) is 2. The van der Waals surface area contributed by atoms with Crippen LogP contribution in [0.2, 0.25) is 10.0 Å². The van der Waals surface area contributed by atoms with E-state index >= 15 is 0 Å². The molecule has 2 aromatic rings. The number of rotatable bonds is 4. The van der Waals surface area contributed by atoms with Gasteiger partial charge in [-0.2, -0.15) is 13.5 Å². The quantitative estimate of drug-likeness (QED) is 0.558. The van der Waals surface area contributed by atoms with E-state index in [1.807, 2.05) is 0 Å². The van der Waals surface area contributed by atoms with E-state index in [4.69, 9.17) is 23.2 Å². The minimum atomic E-state index is -4.41. The fourth-order valence-electron chi connectivity index (χ4n) is 3.18. The standard InChI is InChI=1S/C18H16Cl2N2O4S/c1-10-8-18(2,27(24,25)26)9-13(15-5-6-21-22-15)16(10)17(23)12-4-3-11(19)7-14(12)20/h3-7,9H,8H2,1-2H3,(H,21,22)(H,24,25,26). The molecule has 0 fully saturated rings. The third-order valence-corrected chi connectivity index (χ3v) is 6.53. The van der Waals surface area contributed by atoms with E-state index < -0.39 is 14.9 Å². The maximum atomic E-state index is 13.2. The number of aromatic nitrogens is 2. The maximum Gasteiger partial charge on any atom is 0.274 e. The van der Waals surface area contributed by atoms with E-state index in [0.717, 1.165) is 0 Å². The molecule has 0 aliphatic heterocycles. The van der Waals surface area contributed by atoms with Gasteiger partial charge in [0.2, 0.25) is 0 Å². The summed E-state index contributed by atoms with van der Waals surface area (Å²) < 4.78 is 32.0. The first-order valence-corrected chi connectivity index (χ1v) is 10.1. The van der Waals surface area contributed by atoms with Crippen molar-refractivity contribution in [3.63, 3.8) is 0 Å². The molecule has 0 amide bonds. The molecule has 0 bridgehead atoms. The zero-order valence-corrected chi connectivity index (χ0v) is 16.8. The molecule has 1 aromatic carbocycles. The number of hydrogen-bond acceptors (Lipinski definition) is 4. The molecule has 2 N–H and O–H groups in total. The van der Waals surface area contributed by atoms with Gasteiger partial charge in [0.1, 0.15) is 4.75 Å². The van der Waals surface area contributed by atoms with Crippen LogP contribution in [0.25, 0.3) is 5.57 Å². The van der Waals surface area contributed by atoms with Crippen LogP contribution in [0.5, 0.6) is 0 Å². The predicted molar refractivity (Wildman–Crippen MR) is 105 cm³/mol. The van der Waals surface area contributed by atoms with E-state index in [9.17, 15) is 17.8 Å². The zero-order chi connectivity index (χ0) is 20.0. The van der Waals surface area contributed by atoms with Crippen LogP contribution in [-0.2, 0) is 10.1 Å². The molecule has 142 valence electrons. The molecule has 1 aliphatic carbocycles. The Morgan fingerprint density at radius 2 is 2.00 bits per heavy atom. The average molecular weight is 427 g/mol. The van der Waals surface area contributed by atoms with Gasteiger partial charge in [-0.1, -0.05) is 34.9 Å². The van der Waals surface area contributed by atoms with Crippen molar-refractivity contribution in [3.05, 3.63) is 69.0 Å². The Kier molecular flexibility index (Phi) is 5.07. The largest absolute Gasteiger partial charge is 0.289 e. The van der Waals surface area contributed by atoms with Gasteiger partial charge in [0, 0.05) is 27.9 Å². The molecular formula is C18H16Cl2N2O4S. The third-order valence-electron chi connectivity index (χ3n) is 4.54. The molecule has 1 unspecified atom stereocenters. The molecule has 3 rings (SSSR count). The number of halogens is 2. The summed E-state index contributed by atoms with van der Waals surface area (Å²) in [6.45, 7) is 3.06. The highest BCUT2D eigenvalue weighted by Gasteiger charge is 2.42. The molecule has 6 nitrogen and oxygen atoms in total. The highest BCUT2D eigenvalue weighted by Crippen LogP contribution is 2.41. The minimum Gasteiger partial charge on any atom is -0.289 e. The predicted octanol–water partition coefficient (Wildman–Crippen LogP) is 4.35. The van der Waals surface area contributed by atoms with Crippen molar-refractivity contribution >= 4 is 44.7 Å². The van der Waals surface area contributed by atoms with Crippen LogP contribution < -0.4 is 0 Å². The summed E-state index contributed by atoms with van der Waals surface area (Å²) in [5.41, 5.74) is 1.86. The van der Waals surface area contributed by atoms with E-state index in [1.54, 1.807) is 19.1 Å². The van der Waals surface area contributed by atoms with Crippen molar-refractivity contribution in [2.24, 2.45) is 0 Å². The van der Waals surface area contributed by atoms with E-state index in [1.165, 1.54) is 31.3 Å². The summed E-state index contributed by atoms with van der Waals surface area (Å²) in [4.78, 5) is 13.2. The second-order valence-corrected chi connectivity index (χ2v) is 9.33. The Labute approximate surface area is 166 Å². The van der Waals surface area contributed by atoms with E-state index in [0.29, 0.717) is 27.4 Å². The molecular weight excluding hydrogens is 411 g/mol. The lowest BCUT2D eigenvalue weighted by molar-refractivity contribution is 0.103. The Bertz CT molecular complexity index is 1090. The Morgan fingerprint density at radius 3 is 2.56 bits per heavy atom. The number of aromatic amines is 1. The number of ketones is 1. The molecule has 0 saturated heterocycles. The zero-order valence-electron chi connectivity index (χ0n) is 14.5. The monoisotopic (exact) mass is 426 g/mol. The lowest BCUT2D eigenvalue weighted by atomic mass is 9.81. The molecule has 9 heteroatoms. The number of H-pyrrole nitrogens is 1. The van der Waals surface area contributed by atoms with Gasteiger partial charge in [-0.3, -0.25) is 14.4 Å². The van der Waals surface area contributed by atoms with Gasteiger partial charge in [-0.15, -0.1) is 0 Å². The van der Waals surface area contributed by atoms with Gasteiger partial charge >= 0.3 is 0 Å². The molecule has 27 heavy (non-hydrogen) atoms. The topological polar surface area (TPSA) is 100 Å². The van der Waals surface area contributed by atoms with Crippen molar-refractivity contribution in [2.75, 3.05) is 0 Å². The van der Waals surface area contributed by atoms with E-state index in [2.05, 4.69) is 10.2 Å². The van der Waals surface area contributed by atoms with Crippen LogP contribution in [0, 0.1) is 0 Å². The third kappa shape index (κ3) is 3.60. The fourth-order valence-corrected chi connectivity index (χ4v) is 4.34. The van der Waals surface area contributed by atoms with Gasteiger partial charge in [-0.05, 0) is 44.5 Å². The molecule has 1 aliphatic rings. The average Bonchev–Trinajstić information content (AvgIpc) is 3.07. The normalized spacial score (nSPS) is 20.6. The first-order chi connectivity index (χ1) is 12.5. The van der Waals surface area contributed by atoms with Crippen LogP contribution in [0.3, 0.4) is 0 Å². The molecule has 1 aromatic heterocycles. The second-order valence-electron chi connectivity index (χ2n) is 6.60. The summed E-state index contributed by atoms with van der Waals surface area (Å²) in [5.74, 6) is -0.368. The number of Topliss-reactive ketones (excluding diaryl/α,β-unsaturated/α-hetero) is 1. The van der Waals surface area contributed by atoms with Gasteiger partial charge in [0.15, 0.2) is 5.78 Å². The van der Waals surface area contributed by atoms with Gasteiger partial charge < -0.3 is 0 Å². The summed E-state index contributed by atoms with van der Waals surface area (Å²) >= 11 is 12.1. The second kappa shape index (κ2) is 6.91. The lowest BCUT2D eigenvalue weighted by Gasteiger charge is -2.30. The number of nitrogens with one attached hydrogen (secondary N) is 1. The number of carbonyl (C=O) groups excluding carboxylic acids is 1. The SMILES string of the molecule is CC1=C(C(=O)c2ccc(Cl)cc2Cl)C(c2ccn[nH]2)=CC(C)(S(=O)(=O)O)C1. The molecule has 1 heterocycles. The Hall–Kier alpha value is -1.93. The fraction of sp³-hybridized carbons (Fsp3) is 0.222. The van der Waals surface area contributed by atoms with Crippen molar-refractivity contribution in [3.8, 4) is 0 Å². The number of allylic oxidation sites excluding steroid dienone is 3. The molecule has 1 atom stereocenters. The smallest absolute Gasteiger partial charge is 0.274 e. The van der Waals surface area contributed by atoms with Crippen molar-refractivity contribution < 1.29 is 17.8 Å². The number of benzene rings is 1. The highest BCUT2D eigenvalue weighted by atomic mass is 35.5. The first kappa shape index (κ1) is 19.8. The van der Waals surface area contributed by atoms with Crippen LogP contribution in [0.4, 0.5) is 0 Å². The number of carbonyl (C=O) groups is 1. The molecule has 0 saturated carbocycles. The summed E-state index contributed by atoms with van der Waals surface area (Å²) in [5, 5.41) is 7.21. The summed E-state index contributed by atoms with van der Waals surface area (Å²) in [6, 6.07) is 6.16. The summed E-state index contributed by atoms with van der Waals surface area (Å²) in [6.07, 6.45) is 2.83. The number of nitrogens with zero attached hydrogens (tertiary/aromatic N) is 1. The van der Waals surface area contributed by atoms with Gasteiger partial charge in [0.05, 0.1) is 10.7 Å². The van der Waals surface area contributed by atoms with Crippen LogP contribution in [-0.4, -0.2) is 33.7 Å². The van der Waals surface area contributed by atoms with Crippen LogP contribution in [0.1, 0.15) is 36.3 Å². The molecule has 0 radical (unpaired) electrons. The van der Waals surface area contributed by atoms with Crippen molar-refractivity contribution in [1.82, 2.24) is 10.2 Å². The highest BCUT2D eigenvalue weighted by molar-refractivity contribution is 7.87.